The van der Waals surface area contributed by atoms with Crippen molar-refractivity contribution in [2.75, 3.05) is 17.2 Å². The average Bonchev–Trinajstić information content (AvgIpc) is 2.33. The summed E-state index contributed by atoms with van der Waals surface area (Å²) in [6.45, 7) is 5.04. The van der Waals surface area contributed by atoms with Gasteiger partial charge in [0, 0.05) is 30.2 Å². The molecule has 2 rings (SSSR count). The van der Waals surface area contributed by atoms with Crippen LogP contribution in [0.3, 0.4) is 0 Å². The Morgan fingerprint density at radius 2 is 1.88 bits per heavy atom. The molecule has 0 aliphatic heterocycles. The van der Waals surface area contributed by atoms with E-state index in [0.29, 0.717) is 0 Å². The first-order valence-corrected chi connectivity index (χ1v) is 5.76. The highest BCUT2D eigenvalue weighted by Crippen LogP contribution is 2.24. The Morgan fingerprint density at radius 3 is 2.47 bits per heavy atom. The summed E-state index contributed by atoms with van der Waals surface area (Å²) in [7, 11) is 0. The molecule has 1 aromatic carbocycles. The van der Waals surface area contributed by atoms with Crippen molar-refractivity contribution in [2.45, 2.75) is 13.8 Å². The predicted octanol–water partition coefficient (Wildman–Crippen LogP) is 3.13. The number of rotatable bonds is 3. The van der Waals surface area contributed by atoms with Crippen molar-refractivity contribution in [3.05, 3.63) is 48.2 Å². The number of nitrogens with zero attached hydrogens (tertiary/aromatic N) is 2. The summed E-state index contributed by atoms with van der Waals surface area (Å²) in [5, 5.41) is 0. The first kappa shape index (κ1) is 11.5. The minimum atomic E-state index is 0.737. The lowest BCUT2D eigenvalue weighted by Gasteiger charge is -2.22. The minimum absolute atomic E-state index is 0.737. The summed E-state index contributed by atoms with van der Waals surface area (Å²) in [6.07, 6.45) is 1.74. The first-order chi connectivity index (χ1) is 8.20. The molecule has 0 saturated heterocycles. The molecular formula is C14H17N3. The van der Waals surface area contributed by atoms with Gasteiger partial charge in [0.1, 0.15) is 5.82 Å². The molecule has 0 aliphatic carbocycles. The number of nitrogens with two attached hydrogens (primary N) is 1. The molecular weight excluding hydrogens is 210 g/mol. The van der Waals surface area contributed by atoms with Crippen LogP contribution >= 0.6 is 0 Å². The largest absolute Gasteiger partial charge is 0.399 e. The van der Waals surface area contributed by atoms with E-state index in [-0.39, 0.29) is 0 Å². The molecule has 0 radical (unpaired) electrons. The zero-order valence-electron chi connectivity index (χ0n) is 10.2. The summed E-state index contributed by atoms with van der Waals surface area (Å²) < 4.78 is 0. The van der Waals surface area contributed by atoms with Crippen molar-refractivity contribution in [1.29, 1.82) is 0 Å². The van der Waals surface area contributed by atoms with Gasteiger partial charge in [-0.1, -0.05) is 17.7 Å². The van der Waals surface area contributed by atoms with Gasteiger partial charge >= 0.3 is 0 Å². The lowest BCUT2D eigenvalue weighted by Crippen LogP contribution is -2.17. The van der Waals surface area contributed by atoms with Crippen LogP contribution in [-0.2, 0) is 0 Å². The van der Waals surface area contributed by atoms with Crippen molar-refractivity contribution in [3.63, 3.8) is 0 Å². The topological polar surface area (TPSA) is 42.1 Å². The van der Waals surface area contributed by atoms with Crippen molar-refractivity contribution in [3.8, 4) is 0 Å². The van der Waals surface area contributed by atoms with Crippen molar-refractivity contribution in [2.24, 2.45) is 0 Å². The molecule has 0 spiro atoms. The fourth-order valence-electron chi connectivity index (χ4n) is 1.78. The second-order valence-electron chi connectivity index (χ2n) is 4.03. The molecule has 3 heteroatoms. The van der Waals surface area contributed by atoms with E-state index >= 15 is 0 Å². The third kappa shape index (κ3) is 2.56. The number of benzene rings is 1. The zero-order valence-corrected chi connectivity index (χ0v) is 10.2. The molecule has 0 unspecified atom stereocenters. The van der Waals surface area contributed by atoms with Crippen LogP contribution < -0.4 is 10.6 Å². The quantitative estimate of drug-likeness (QED) is 0.876. The fraction of sp³-hybridized carbons (Fsp3) is 0.214. The second-order valence-corrected chi connectivity index (χ2v) is 4.03. The summed E-state index contributed by atoms with van der Waals surface area (Å²) >= 11 is 0. The second kappa shape index (κ2) is 4.87. The lowest BCUT2D eigenvalue weighted by molar-refractivity contribution is 0.990. The number of anilines is 3. The summed E-state index contributed by atoms with van der Waals surface area (Å²) in [4.78, 5) is 6.49. The standard InChI is InChI=1S/C14H17N3/c1-3-17(13-6-4-11(2)5-7-13)14-10-12(15)8-9-16-14/h4-10H,3H2,1-2H3,(H2,15,16). The molecule has 0 saturated carbocycles. The number of hydrogen-bond acceptors (Lipinski definition) is 3. The van der Waals surface area contributed by atoms with Crippen LogP contribution in [0.2, 0.25) is 0 Å². The maximum absolute atomic E-state index is 5.79. The Balaban J connectivity index is 2.36. The van der Waals surface area contributed by atoms with E-state index in [1.54, 1.807) is 12.3 Å². The Kier molecular flexibility index (Phi) is 3.28. The van der Waals surface area contributed by atoms with Gasteiger partial charge in [0.05, 0.1) is 0 Å². The molecule has 88 valence electrons. The molecule has 0 bridgehead atoms. The normalized spacial score (nSPS) is 10.2. The third-order valence-corrected chi connectivity index (χ3v) is 2.71. The Bertz CT molecular complexity index is 491. The molecule has 0 fully saturated rings. The van der Waals surface area contributed by atoms with E-state index in [2.05, 4.69) is 48.0 Å². The summed E-state index contributed by atoms with van der Waals surface area (Å²) in [5.41, 5.74) is 8.91. The van der Waals surface area contributed by atoms with E-state index in [0.717, 1.165) is 23.7 Å². The fourth-order valence-corrected chi connectivity index (χ4v) is 1.78. The van der Waals surface area contributed by atoms with Crippen molar-refractivity contribution < 1.29 is 0 Å². The Hall–Kier alpha value is -2.03. The van der Waals surface area contributed by atoms with Crippen molar-refractivity contribution in [1.82, 2.24) is 4.98 Å². The van der Waals surface area contributed by atoms with Crippen LogP contribution in [0.5, 0.6) is 0 Å². The molecule has 2 N–H and O–H groups in total. The molecule has 0 amide bonds. The number of nitrogen functional groups attached to an aromatic ring is 1. The van der Waals surface area contributed by atoms with E-state index < -0.39 is 0 Å². The van der Waals surface area contributed by atoms with Crippen LogP contribution in [0.15, 0.2) is 42.6 Å². The molecule has 3 nitrogen and oxygen atoms in total. The van der Waals surface area contributed by atoms with Gasteiger partial charge in [-0.2, -0.15) is 0 Å². The van der Waals surface area contributed by atoms with Crippen LogP contribution in [-0.4, -0.2) is 11.5 Å². The van der Waals surface area contributed by atoms with Gasteiger partial charge in [-0.15, -0.1) is 0 Å². The van der Waals surface area contributed by atoms with Gasteiger partial charge in [0.2, 0.25) is 0 Å². The van der Waals surface area contributed by atoms with Gasteiger partial charge in [-0.05, 0) is 32.0 Å². The maximum atomic E-state index is 5.79. The molecule has 1 heterocycles. The maximum Gasteiger partial charge on any atom is 0.134 e. The van der Waals surface area contributed by atoms with E-state index in [1.807, 2.05) is 6.07 Å². The smallest absolute Gasteiger partial charge is 0.134 e. The number of aryl methyl sites for hydroxylation is 1. The number of aromatic nitrogens is 1. The molecule has 0 aliphatic rings. The number of pyridine rings is 1. The van der Waals surface area contributed by atoms with Gasteiger partial charge < -0.3 is 10.6 Å². The van der Waals surface area contributed by atoms with Crippen LogP contribution in [0, 0.1) is 6.92 Å². The van der Waals surface area contributed by atoms with Gasteiger partial charge in [0.25, 0.3) is 0 Å². The monoisotopic (exact) mass is 227 g/mol. The van der Waals surface area contributed by atoms with Crippen molar-refractivity contribution >= 4 is 17.2 Å². The predicted molar refractivity (Wildman–Crippen MR) is 72.5 cm³/mol. The van der Waals surface area contributed by atoms with E-state index in [9.17, 15) is 0 Å². The third-order valence-electron chi connectivity index (χ3n) is 2.71. The summed E-state index contributed by atoms with van der Waals surface area (Å²) in [5.74, 6) is 0.886. The SMILES string of the molecule is CCN(c1ccc(C)cc1)c1cc(N)ccn1. The zero-order chi connectivity index (χ0) is 12.3. The van der Waals surface area contributed by atoms with Gasteiger partial charge in [0.15, 0.2) is 0 Å². The Labute approximate surface area is 102 Å². The van der Waals surface area contributed by atoms with E-state index in [4.69, 9.17) is 5.73 Å². The van der Waals surface area contributed by atoms with Crippen LogP contribution in [0.25, 0.3) is 0 Å². The first-order valence-electron chi connectivity index (χ1n) is 5.76. The summed E-state index contributed by atoms with van der Waals surface area (Å²) in [6, 6.07) is 12.1. The Morgan fingerprint density at radius 1 is 1.18 bits per heavy atom. The highest BCUT2D eigenvalue weighted by atomic mass is 15.2. The molecule has 0 atom stereocenters. The van der Waals surface area contributed by atoms with Gasteiger partial charge in [-0.25, -0.2) is 4.98 Å². The average molecular weight is 227 g/mol. The van der Waals surface area contributed by atoms with Crippen LogP contribution in [0.4, 0.5) is 17.2 Å². The molecule has 2 aromatic rings. The van der Waals surface area contributed by atoms with E-state index in [1.165, 1.54) is 5.56 Å². The molecule has 1 aromatic heterocycles. The highest BCUT2D eigenvalue weighted by Gasteiger charge is 2.08. The minimum Gasteiger partial charge on any atom is -0.399 e. The van der Waals surface area contributed by atoms with Gasteiger partial charge in [-0.3, -0.25) is 0 Å². The van der Waals surface area contributed by atoms with Crippen LogP contribution in [0.1, 0.15) is 12.5 Å². The molecule has 17 heavy (non-hydrogen) atoms. The highest BCUT2D eigenvalue weighted by molar-refractivity contribution is 5.62. The lowest BCUT2D eigenvalue weighted by atomic mass is 10.2. The number of hydrogen-bond donors (Lipinski definition) is 1.